The van der Waals surface area contributed by atoms with Crippen molar-refractivity contribution in [2.45, 2.75) is 13.0 Å². The Bertz CT molecular complexity index is 450. The van der Waals surface area contributed by atoms with Crippen LogP contribution in [0.5, 0.6) is 0 Å². The Balaban J connectivity index is 2.52. The second kappa shape index (κ2) is 7.32. The fraction of sp³-hybridized carbons (Fsp3) is 0.417. The van der Waals surface area contributed by atoms with Crippen molar-refractivity contribution in [3.05, 3.63) is 39.9 Å². The van der Waals surface area contributed by atoms with E-state index in [0.29, 0.717) is 18.7 Å². The molecule has 0 heterocycles. The molecule has 1 atom stereocenters. The van der Waals surface area contributed by atoms with Crippen molar-refractivity contribution in [2.75, 3.05) is 20.2 Å². The second-order valence-corrected chi connectivity index (χ2v) is 3.91. The molecule has 2 N–H and O–H groups in total. The SMILES string of the molecule is COC(=O)NCCNC(C)c1ccccc1[N+](=O)[O-]. The summed E-state index contributed by atoms with van der Waals surface area (Å²) in [5, 5.41) is 16.5. The van der Waals surface area contributed by atoms with Gasteiger partial charge in [0.25, 0.3) is 5.69 Å². The van der Waals surface area contributed by atoms with Crippen LogP contribution in [0.25, 0.3) is 0 Å². The molecule has 1 unspecified atom stereocenters. The molecular formula is C12H17N3O4. The number of methoxy groups -OCH3 is 1. The number of benzene rings is 1. The average molecular weight is 267 g/mol. The summed E-state index contributed by atoms with van der Waals surface area (Å²) in [6.45, 7) is 2.71. The van der Waals surface area contributed by atoms with Crippen LogP contribution in [-0.4, -0.2) is 31.2 Å². The van der Waals surface area contributed by atoms with E-state index >= 15 is 0 Å². The fourth-order valence-electron chi connectivity index (χ4n) is 1.66. The average Bonchev–Trinajstić information content (AvgIpc) is 2.42. The number of nitrogens with one attached hydrogen (secondary N) is 2. The number of hydrogen-bond donors (Lipinski definition) is 2. The zero-order chi connectivity index (χ0) is 14.3. The third kappa shape index (κ3) is 4.55. The lowest BCUT2D eigenvalue weighted by molar-refractivity contribution is -0.385. The van der Waals surface area contributed by atoms with Crippen LogP contribution in [0, 0.1) is 10.1 Å². The normalized spacial score (nSPS) is 11.7. The zero-order valence-electron chi connectivity index (χ0n) is 10.9. The van der Waals surface area contributed by atoms with Crippen LogP contribution in [0.3, 0.4) is 0 Å². The molecule has 1 aromatic rings. The Morgan fingerprint density at radius 3 is 2.74 bits per heavy atom. The van der Waals surface area contributed by atoms with Gasteiger partial charge in [-0.1, -0.05) is 18.2 Å². The number of ether oxygens (including phenoxy) is 1. The van der Waals surface area contributed by atoms with E-state index < -0.39 is 11.0 Å². The highest BCUT2D eigenvalue weighted by atomic mass is 16.6. The Hall–Kier alpha value is -2.15. The Morgan fingerprint density at radius 1 is 1.42 bits per heavy atom. The van der Waals surface area contributed by atoms with Crippen LogP contribution >= 0.6 is 0 Å². The van der Waals surface area contributed by atoms with Crippen LogP contribution in [0.2, 0.25) is 0 Å². The van der Waals surface area contributed by atoms with E-state index in [0.717, 1.165) is 0 Å². The van der Waals surface area contributed by atoms with E-state index in [1.54, 1.807) is 18.2 Å². The lowest BCUT2D eigenvalue weighted by Crippen LogP contribution is -2.32. The highest BCUT2D eigenvalue weighted by molar-refractivity contribution is 5.66. The van der Waals surface area contributed by atoms with Gasteiger partial charge in [-0.15, -0.1) is 0 Å². The van der Waals surface area contributed by atoms with Gasteiger partial charge in [0.05, 0.1) is 12.0 Å². The molecule has 1 aromatic carbocycles. The topological polar surface area (TPSA) is 93.5 Å². The van der Waals surface area contributed by atoms with Crippen molar-refractivity contribution in [1.29, 1.82) is 0 Å². The molecule has 0 saturated heterocycles. The van der Waals surface area contributed by atoms with E-state index in [9.17, 15) is 14.9 Å². The van der Waals surface area contributed by atoms with Crippen molar-refractivity contribution in [3.8, 4) is 0 Å². The van der Waals surface area contributed by atoms with Crippen LogP contribution in [-0.2, 0) is 4.74 Å². The van der Waals surface area contributed by atoms with Crippen LogP contribution < -0.4 is 10.6 Å². The minimum absolute atomic E-state index is 0.0865. The van der Waals surface area contributed by atoms with E-state index in [4.69, 9.17) is 0 Å². The fourth-order valence-corrected chi connectivity index (χ4v) is 1.66. The van der Waals surface area contributed by atoms with E-state index in [1.807, 2.05) is 6.92 Å². The maximum Gasteiger partial charge on any atom is 0.406 e. The first-order valence-corrected chi connectivity index (χ1v) is 5.84. The molecule has 19 heavy (non-hydrogen) atoms. The van der Waals surface area contributed by atoms with Gasteiger partial charge in [-0.05, 0) is 6.92 Å². The smallest absolute Gasteiger partial charge is 0.406 e. The molecule has 7 heteroatoms. The third-order valence-electron chi connectivity index (χ3n) is 2.63. The Kier molecular flexibility index (Phi) is 5.74. The molecule has 1 rings (SSSR count). The number of carbonyl (C=O) groups excluding carboxylic acids is 1. The number of carbonyl (C=O) groups is 1. The molecule has 1 amide bonds. The monoisotopic (exact) mass is 267 g/mol. The van der Waals surface area contributed by atoms with Gasteiger partial charge in [-0.25, -0.2) is 4.79 Å². The molecule has 0 bridgehead atoms. The van der Waals surface area contributed by atoms with Crippen molar-refractivity contribution >= 4 is 11.8 Å². The summed E-state index contributed by atoms with van der Waals surface area (Å²) in [5.41, 5.74) is 0.703. The summed E-state index contributed by atoms with van der Waals surface area (Å²) in [7, 11) is 1.29. The maximum atomic E-state index is 10.9. The summed E-state index contributed by atoms with van der Waals surface area (Å²) < 4.78 is 4.43. The van der Waals surface area contributed by atoms with Gasteiger partial charge in [0.2, 0.25) is 0 Å². The summed E-state index contributed by atoms with van der Waals surface area (Å²) in [4.78, 5) is 21.3. The molecule has 0 aliphatic heterocycles. The quantitative estimate of drug-likeness (QED) is 0.464. The summed E-state index contributed by atoms with van der Waals surface area (Å²) in [5.74, 6) is 0. The molecule has 0 aromatic heterocycles. The van der Waals surface area contributed by atoms with Gasteiger partial charge < -0.3 is 15.4 Å². The van der Waals surface area contributed by atoms with Gasteiger partial charge in [0.1, 0.15) is 0 Å². The number of nitro groups is 1. The van der Waals surface area contributed by atoms with Crippen molar-refractivity contribution in [2.24, 2.45) is 0 Å². The summed E-state index contributed by atoms with van der Waals surface area (Å²) in [6, 6.07) is 6.39. The first kappa shape index (κ1) is 14.9. The maximum absolute atomic E-state index is 10.9. The van der Waals surface area contributed by atoms with Gasteiger partial charge in [0.15, 0.2) is 0 Å². The number of rotatable bonds is 6. The summed E-state index contributed by atoms with van der Waals surface area (Å²) in [6.07, 6.45) is -0.500. The zero-order valence-corrected chi connectivity index (χ0v) is 10.9. The minimum Gasteiger partial charge on any atom is -0.453 e. The molecule has 0 aliphatic rings. The van der Waals surface area contributed by atoms with Crippen molar-refractivity contribution in [1.82, 2.24) is 10.6 Å². The molecule has 0 saturated carbocycles. The molecule has 0 aliphatic carbocycles. The molecular weight excluding hydrogens is 250 g/mol. The highest BCUT2D eigenvalue weighted by Crippen LogP contribution is 2.23. The molecule has 7 nitrogen and oxygen atoms in total. The van der Waals surface area contributed by atoms with E-state index in [-0.39, 0.29) is 11.7 Å². The number of para-hydroxylation sites is 1. The molecule has 0 radical (unpaired) electrons. The Labute approximate surface area is 111 Å². The molecule has 0 fully saturated rings. The Morgan fingerprint density at radius 2 is 2.11 bits per heavy atom. The lowest BCUT2D eigenvalue weighted by atomic mass is 10.1. The number of alkyl carbamates (subject to hydrolysis) is 1. The highest BCUT2D eigenvalue weighted by Gasteiger charge is 2.17. The first-order valence-electron chi connectivity index (χ1n) is 5.84. The first-order chi connectivity index (χ1) is 9.06. The molecule has 104 valence electrons. The van der Waals surface area contributed by atoms with Crippen molar-refractivity contribution in [3.63, 3.8) is 0 Å². The van der Waals surface area contributed by atoms with Gasteiger partial charge in [0, 0.05) is 30.8 Å². The molecule has 0 spiro atoms. The standard InChI is InChI=1S/C12H17N3O4/c1-9(13-7-8-14-12(16)19-2)10-5-3-4-6-11(10)15(17)18/h3-6,9,13H,7-8H2,1-2H3,(H,14,16). The predicted molar refractivity (Wildman–Crippen MR) is 69.9 cm³/mol. The third-order valence-corrected chi connectivity index (χ3v) is 2.63. The summed E-state index contributed by atoms with van der Waals surface area (Å²) >= 11 is 0. The van der Waals surface area contributed by atoms with E-state index in [1.165, 1.54) is 13.2 Å². The largest absolute Gasteiger partial charge is 0.453 e. The van der Waals surface area contributed by atoms with Gasteiger partial charge >= 0.3 is 6.09 Å². The predicted octanol–water partition coefficient (Wildman–Crippen LogP) is 1.60. The van der Waals surface area contributed by atoms with Gasteiger partial charge in [-0.2, -0.15) is 0 Å². The van der Waals surface area contributed by atoms with Crippen LogP contribution in [0.1, 0.15) is 18.5 Å². The second-order valence-electron chi connectivity index (χ2n) is 3.91. The van der Waals surface area contributed by atoms with E-state index in [2.05, 4.69) is 15.4 Å². The van der Waals surface area contributed by atoms with Crippen LogP contribution in [0.4, 0.5) is 10.5 Å². The number of nitro benzene ring substituents is 1. The minimum atomic E-state index is -0.500. The van der Waals surface area contributed by atoms with Crippen molar-refractivity contribution < 1.29 is 14.5 Å². The number of nitrogens with zero attached hydrogens (tertiary/aromatic N) is 1. The lowest BCUT2D eigenvalue weighted by Gasteiger charge is -2.14. The van der Waals surface area contributed by atoms with Crippen LogP contribution in [0.15, 0.2) is 24.3 Å². The van der Waals surface area contributed by atoms with Gasteiger partial charge in [-0.3, -0.25) is 10.1 Å². The number of amides is 1. The number of hydrogen-bond acceptors (Lipinski definition) is 5.